The molecule has 0 saturated heterocycles. The van der Waals surface area contributed by atoms with Crippen molar-refractivity contribution in [1.82, 2.24) is 5.32 Å². The number of para-hydroxylation sites is 1. The summed E-state index contributed by atoms with van der Waals surface area (Å²) in [6, 6.07) is 7.72. The van der Waals surface area contributed by atoms with Crippen LogP contribution in [0.25, 0.3) is 0 Å². The van der Waals surface area contributed by atoms with E-state index in [1.807, 2.05) is 12.1 Å². The second kappa shape index (κ2) is 7.55. The van der Waals surface area contributed by atoms with Gasteiger partial charge in [0.05, 0.1) is 4.92 Å². The normalized spacial score (nSPS) is 25.7. The van der Waals surface area contributed by atoms with Gasteiger partial charge in [0.25, 0.3) is 5.69 Å². The lowest BCUT2D eigenvalue weighted by Crippen LogP contribution is -2.40. The van der Waals surface area contributed by atoms with Gasteiger partial charge in [-0.1, -0.05) is 32.0 Å². The van der Waals surface area contributed by atoms with E-state index >= 15 is 0 Å². The van der Waals surface area contributed by atoms with E-state index in [0.717, 1.165) is 30.9 Å². The van der Waals surface area contributed by atoms with Crippen LogP contribution in [0.15, 0.2) is 24.3 Å². The monoisotopic (exact) mass is 290 g/mol. The Kier molecular flexibility index (Phi) is 5.74. The molecule has 1 aliphatic rings. The molecule has 0 aromatic heterocycles. The van der Waals surface area contributed by atoms with Gasteiger partial charge in [0, 0.05) is 17.7 Å². The number of aryl methyl sites for hydroxylation is 1. The van der Waals surface area contributed by atoms with Gasteiger partial charge in [-0.15, -0.1) is 0 Å². The van der Waals surface area contributed by atoms with Gasteiger partial charge in [-0.2, -0.15) is 0 Å². The van der Waals surface area contributed by atoms with E-state index in [1.54, 1.807) is 12.1 Å². The highest BCUT2D eigenvalue weighted by molar-refractivity contribution is 5.39. The van der Waals surface area contributed by atoms with Crippen LogP contribution in [0.5, 0.6) is 0 Å². The van der Waals surface area contributed by atoms with Crippen molar-refractivity contribution in [3.05, 3.63) is 39.9 Å². The first-order chi connectivity index (χ1) is 10.1. The van der Waals surface area contributed by atoms with Crippen LogP contribution in [0.1, 0.15) is 45.1 Å². The van der Waals surface area contributed by atoms with Gasteiger partial charge in [0.15, 0.2) is 0 Å². The molecule has 1 aromatic rings. The summed E-state index contributed by atoms with van der Waals surface area (Å²) in [4.78, 5) is 10.8. The molecule has 2 rings (SSSR count). The van der Waals surface area contributed by atoms with E-state index < -0.39 is 0 Å². The third-order valence-corrected chi connectivity index (χ3v) is 4.68. The molecule has 0 radical (unpaired) electrons. The summed E-state index contributed by atoms with van der Waals surface area (Å²) < 4.78 is 0. The zero-order chi connectivity index (χ0) is 15.2. The number of rotatable bonds is 6. The molecule has 0 amide bonds. The van der Waals surface area contributed by atoms with Crippen molar-refractivity contribution >= 4 is 5.69 Å². The van der Waals surface area contributed by atoms with Crippen molar-refractivity contribution in [1.29, 1.82) is 0 Å². The number of nitro benzene ring substituents is 1. The molecule has 0 bridgehead atoms. The second-order valence-corrected chi connectivity index (χ2v) is 6.27. The first kappa shape index (κ1) is 16.0. The molecule has 1 saturated carbocycles. The third kappa shape index (κ3) is 4.27. The molecular formula is C17H26N2O2. The van der Waals surface area contributed by atoms with Crippen molar-refractivity contribution in [2.75, 3.05) is 6.54 Å². The molecule has 0 heterocycles. The largest absolute Gasteiger partial charge is 0.314 e. The molecule has 1 fully saturated rings. The molecule has 1 N–H and O–H groups in total. The Bertz CT molecular complexity index is 476. The lowest BCUT2D eigenvalue weighted by molar-refractivity contribution is -0.385. The van der Waals surface area contributed by atoms with Gasteiger partial charge in [0.2, 0.25) is 0 Å². The average Bonchev–Trinajstić information content (AvgIpc) is 2.48. The van der Waals surface area contributed by atoms with E-state index in [2.05, 4.69) is 19.2 Å². The average molecular weight is 290 g/mol. The molecule has 21 heavy (non-hydrogen) atoms. The van der Waals surface area contributed by atoms with Gasteiger partial charge < -0.3 is 5.32 Å². The molecule has 3 atom stereocenters. The van der Waals surface area contributed by atoms with Crippen LogP contribution >= 0.6 is 0 Å². The highest BCUT2D eigenvalue weighted by Gasteiger charge is 2.28. The summed E-state index contributed by atoms with van der Waals surface area (Å²) in [5.41, 5.74) is 1.14. The molecule has 116 valence electrons. The van der Waals surface area contributed by atoms with E-state index in [-0.39, 0.29) is 10.6 Å². The van der Waals surface area contributed by atoms with Crippen LogP contribution in [0.4, 0.5) is 5.69 Å². The molecule has 3 unspecified atom stereocenters. The minimum atomic E-state index is -0.263. The van der Waals surface area contributed by atoms with Gasteiger partial charge in [-0.25, -0.2) is 0 Å². The fraction of sp³-hybridized carbons (Fsp3) is 0.647. The molecule has 1 aromatic carbocycles. The van der Waals surface area contributed by atoms with E-state index in [9.17, 15) is 10.1 Å². The molecule has 1 aliphatic carbocycles. The lowest BCUT2D eigenvalue weighted by atomic mass is 9.76. The molecule has 0 aliphatic heterocycles. The summed E-state index contributed by atoms with van der Waals surface area (Å²) in [6.07, 6.45) is 5.60. The topological polar surface area (TPSA) is 55.2 Å². The number of nitrogens with zero attached hydrogens (tertiary/aromatic N) is 1. The molecule has 4 nitrogen and oxygen atoms in total. The summed E-state index contributed by atoms with van der Waals surface area (Å²) >= 11 is 0. The van der Waals surface area contributed by atoms with Gasteiger partial charge in [0.1, 0.15) is 0 Å². The zero-order valence-electron chi connectivity index (χ0n) is 13.0. The standard InChI is InChI=1S/C17H26N2O2/c1-3-18-16-11-8-13(2)12-15(16)10-9-14-6-4-5-7-17(14)19(20)21/h4-7,13,15-16,18H,3,8-12H2,1-2H3. The predicted octanol–water partition coefficient (Wildman–Crippen LogP) is 3.94. The van der Waals surface area contributed by atoms with Crippen LogP contribution in [0, 0.1) is 22.0 Å². The second-order valence-electron chi connectivity index (χ2n) is 6.27. The zero-order valence-corrected chi connectivity index (χ0v) is 13.0. The minimum absolute atomic E-state index is 0.263. The molecule has 0 spiro atoms. The SMILES string of the molecule is CCNC1CCC(C)CC1CCc1ccccc1[N+](=O)[O-]. The number of hydrogen-bond acceptors (Lipinski definition) is 3. The first-order valence-corrected chi connectivity index (χ1v) is 8.07. The quantitative estimate of drug-likeness (QED) is 0.637. The molecule has 4 heteroatoms. The van der Waals surface area contributed by atoms with Crippen LogP contribution in [-0.2, 0) is 6.42 Å². The first-order valence-electron chi connectivity index (χ1n) is 8.07. The summed E-state index contributed by atoms with van der Waals surface area (Å²) in [5, 5.41) is 14.7. The Morgan fingerprint density at radius 1 is 1.33 bits per heavy atom. The highest BCUT2D eigenvalue weighted by Crippen LogP contribution is 2.33. The lowest BCUT2D eigenvalue weighted by Gasteiger charge is -2.35. The number of benzene rings is 1. The van der Waals surface area contributed by atoms with Gasteiger partial charge in [-0.05, 0) is 50.5 Å². The van der Waals surface area contributed by atoms with Crippen molar-refractivity contribution in [2.45, 2.75) is 52.0 Å². The highest BCUT2D eigenvalue weighted by atomic mass is 16.6. The summed E-state index contributed by atoms with van der Waals surface area (Å²) in [6.45, 7) is 5.47. The Morgan fingerprint density at radius 2 is 2.10 bits per heavy atom. The Morgan fingerprint density at radius 3 is 2.81 bits per heavy atom. The van der Waals surface area contributed by atoms with Crippen molar-refractivity contribution < 1.29 is 4.92 Å². The third-order valence-electron chi connectivity index (χ3n) is 4.68. The van der Waals surface area contributed by atoms with E-state index in [0.29, 0.717) is 12.0 Å². The van der Waals surface area contributed by atoms with E-state index in [1.165, 1.54) is 19.3 Å². The van der Waals surface area contributed by atoms with Gasteiger partial charge in [-0.3, -0.25) is 10.1 Å². The fourth-order valence-electron chi connectivity index (χ4n) is 3.59. The van der Waals surface area contributed by atoms with Crippen molar-refractivity contribution in [3.63, 3.8) is 0 Å². The Hall–Kier alpha value is -1.42. The minimum Gasteiger partial charge on any atom is -0.314 e. The molecular weight excluding hydrogens is 264 g/mol. The number of nitrogens with one attached hydrogen (secondary N) is 1. The van der Waals surface area contributed by atoms with Crippen LogP contribution in [0.3, 0.4) is 0 Å². The smallest absolute Gasteiger partial charge is 0.272 e. The van der Waals surface area contributed by atoms with Crippen LogP contribution < -0.4 is 5.32 Å². The number of hydrogen-bond donors (Lipinski definition) is 1. The maximum atomic E-state index is 11.1. The Balaban J connectivity index is 2.01. The summed E-state index contributed by atoms with van der Waals surface area (Å²) in [5.74, 6) is 1.41. The fourth-order valence-corrected chi connectivity index (χ4v) is 3.59. The maximum Gasteiger partial charge on any atom is 0.272 e. The van der Waals surface area contributed by atoms with Gasteiger partial charge >= 0.3 is 0 Å². The van der Waals surface area contributed by atoms with Crippen LogP contribution in [-0.4, -0.2) is 17.5 Å². The van der Waals surface area contributed by atoms with Crippen molar-refractivity contribution in [2.24, 2.45) is 11.8 Å². The maximum absolute atomic E-state index is 11.1. The predicted molar refractivity (Wildman–Crippen MR) is 85.4 cm³/mol. The van der Waals surface area contributed by atoms with Crippen LogP contribution in [0.2, 0.25) is 0 Å². The van der Waals surface area contributed by atoms with Crippen molar-refractivity contribution in [3.8, 4) is 0 Å². The summed E-state index contributed by atoms with van der Waals surface area (Å²) in [7, 11) is 0. The van der Waals surface area contributed by atoms with E-state index in [4.69, 9.17) is 0 Å². The Labute approximate surface area is 127 Å². The number of nitro groups is 1.